The molecule has 1 unspecified atom stereocenters. The summed E-state index contributed by atoms with van der Waals surface area (Å²) in [7, 11) is 2.82. The summed E-state index contributed by atoms with van der Waals surface area (Å²) in [5, 5.41) is 19.6. The Morgan fingerprint density at radius 2 is 1.44 bits per heavy atom. The van der Waals surface area contributed by atoms with Crippen LogP contribution in [-0.2, 0) is 9.59 Å². The van der Waals surface area contributed by atoms with Crippen molar-refractivity contribution in [2.24, 2.45) is 5.41 Å². The van der Waals surface area contributed by atoms with E-state index in [4.69, 9.17) is 9.47 Å². The number of aliphatic carboxylic acids is 2. The van der Waals surface area contributed by atoms with Crippen molar-refractivity contribution in [1.82, 2.24) is 0 Å². The SMILES string of the molecule is COc1cccc(C(=O)C2=C(C(=O)O)C=CC(C(=O)O)(C(=O)c3cccc(OC)c3)C2)c1. The van der Waals surface area contributed by atoms with Crippen molar-refractivity contribution in [1.29, 1.82) is 0 Å². The number of ketones is 2. The number of hydrogen-bond acceptors (Lipinski definition) is 6. The summed E-state index contributed by atoms with van der Waals surface area (Å²) >= 11 is 0. The number of methoxy groups -OCH3 is 2. The Balaban J connectivity index is 2.11. The summed E-state index contributed by atoms with van der Waals surface area (Å²) in [6, 6.07) is 12.0. The number of Topliss-reactive ketones (excluding diaryl/α,β-unsaturated/α-hetero) is 2. The Morgan fingerprint density at radius 3 is 1.97 bits per heavy atom. The minimum absolute atomic E-state index is 0.0587. The van der Waals surface area contributed by atoms with Crippen LogP contribution in [0.15, 0.2) is 71.8 Å². The standard InChI is InChI=1S/C24H20O8/c1-31-16-7-3-5-14(11-16)20(25)19-13-24(23(29)30,10-9-18(19)22(27)28)21(26)15-6-4-8-17(12-15)32-2/h3-12H,13H2,1-2H3,(H,27,28)(H,29,30). The maximum atomic E-state index is 13.3. The van der Waals surface area contributed by atoms with E-state index in [2.05, 4.69) is 0 Å². The highest BCUT2D eigenvalue weighted by molar-refractivity contribution is 6.19. The molecular formula is C24H20O8. The quantitative estimate of drug-likeness (QED) is 0.477. The zero-order valence-electron chi connectivity index (χ0n) is 17.3. The van der Waals surface area contributed by atoms with Gasteiger partial charge in [-0.25, -0.2) is 4.79 Å². The molecular weight excluding hydrogens is 416 g/mol. The lowest BCUT2D eigenvalue weighted by Crippen LogP contribution is -2.41. The first-order valence-electron chi connectivity index (χ1n) is 9.50. The lowest BCUT2D eigenvalue weighted by atomic mass is 9.70. The van der Waals surface area contributed by atoms with Crippen LogP contribution in [0.5, 0.6) is 11.5 Å². The van der Waals surface area contributed by atoms with Crippen LogP contribution in [0.4, 0.5) is 0 Å². The molecule has 0 saturated carbocycles. The summed E-state index contributed by atoms with van der Waals surface area (Å²) in [4.78, 5) is 50.7. The number of carboxylic acids is 2. The van der Waals surface area contributed by atoms with Crippen LogP contribution >= 0.6 is 0 Å². The molecule has 1 aliphatic carbocycles. The fraction of sp³-hybridized carbons (Fsp3) is 0.167. The van der Waals surface area contributed by atoms with Gasteiger partial charge in [-0.3, -0.25) is 14.4 Å². The van der Waals surface area contributed by atoms with Crippen molar-refractivity contribution in [2.45, 2.75) is 6.42 Å². The van der Waals surface area contributed by atoms with Crippen molar-refractivity contribution in [2.75, 3.05) is 14.2 Å². The van der Waals surface area contributed by atoms with Crippen molar-refractivity contribution < 1.29 is 38.9 Å². The fourth-order valence-corrected chi connectivity index (χ4v) is 3.52. The van der Waals surface area contributed by atoms with Crippen LogP contribution in [0.1, 0.15) is 27.1 Å². The van der Waals surface area contributed by atoms with E-state index in [0.29, 0.717) is 11.5 Å². The largest absolute Gasteiger partial charge is 0.497 e. The van der Waals surface area contributed by atoms with Gasteiger partial charge in [-0.05, 0) is 30.3 Å². The van der Waals surface area contributed by atoms with Gasteiger partial charge in [-0.2, -0.15) is 0 Å². The minimum atomic E-state index is -2.16. The predicted octanol–water partition coefficient (Wildman–Crippen LogP) is 3.18. The fourth-order valence-electron chi connectivity index (χ4n) is 3.52. The van der Waals surface area contributed by atoms with Gasteiger partial charge in [0.25, 0.3) is 0 Å². The molecule has 2 N–H and O–H groups in total. The molecule has 0 saturated heterocycles. The molecule has 164 valence electrons. The Kier molecular flexibility index (Phi) is 6.25. The summed E-state index contributed by atoms with van der Waals surface area (Å²) in [5.41, 5.74) is -2.64. The number of rotatable bonds is 8. The minimum Gasteiger partial charge on any atom is -0.497 e. The third-order valence-corrected chi connectivity index (χ3v) is 5.27. The Bertz CT molecular complexity index is 1170. The Labute approximate surface area is 183 Å². The van der Waals surface area contributed by atoms with Gasteiger partial charge in [0.15, 0.2) is 17.0 Å². The normalized spacial score (nSPS) is 17.6. The average molecular weight is 436 g/mol. The first kappa shape index (κ1) is 22.5. The van der Waals surface area contributed by atoms with Gasteiger partial charge >= 0.3 is 11.9 Å². The van der Waals surface area contributed by atoms with Crippen LogP contribution in [0.2, 0.25) is 0 Å². The van der Waals surface area contributed by atoms with Crippen molar-refractivity contribution in [3.05, 3.63) is 83.0 Å². The van der Waals surface area contributed by atoms with E-state index in [-0.39, 0.29) is 22.3 Å². The van der Waals surface area contributed by atoms with E-state index in [1.165, 1.54) is 44.6 Å². The van der Waals surface area contributed by atoms with Gasteiger partial charge in [0.2, 0.25) is 0 Å². The van der Waals surface area contributed by atoms with Gasteiger partial charge < -0.3 is 19.7 Å². The third kappa shape index (κ3) is 4.02. The molecule has 0 amide bonds. The predicted molar refractivity (Wildman–Crippen MR) is 113 cm³/mol. The Morgan fingerprint density at radius 1 is 0.875 bits per heavy atom. The first-order chi connectivity index (χ1) is 15.2. The molecule has 8 heteroatoms. The Hall–Kier alpha value is -4.20. The molecule has 2 aromatic carbocycles. The van der Waals surface area contributed by atoms with Crippen molar-refractivity contribution in [3.8, 4) is 11.5 Å². The molecule has 1 aliphatic rings. The third-order valence-electron chi connectivity index (χ3n) is 5.27. The molecule has 0 heterocycles. The molecule has 0 fully saturated rings. The van der Waals surface area contributed by atoms with E-state index >= 15 is 0 Å². The van der Waals surface area contributed by atoms with Gasteiger partial charge in [-0.1, -0.05) is 30.3 Å². The molecule has 32 heavy (non-hydrogen) atoms. The highest BCUT2D eigenvalue weighted by atomic mass is 16.5. The average Bonchev–Trinajstić information content (AvgIpc) is 2.82. The molecule has 0 radical (unpaired) electrons. The molecule has 0 aromatic heterocycles. The molecule has 0 spiro atoms. The lowest BCUT2D eigenvalue weighted by molar-refractivity contribution is -0.143. The number of hydrogen-bond donors (Lipinski definition) is 2. The van der Waals surface area contributed by atoms with E-state index in [1.807, 2.05) is 0 Å². The van der Waals surface area contributed by atoms with Crippen LogP contribution < -0.4 is 9.47 Å². The highest BCUT2D eigenvalue weighted by Crippen LogP contribution is 2.40. The molecule has 1 atom stereocenters. The smallest absolute Gasteiger partial charge is 0.336 e. The molecule has 2 aromatic rings. The second kappa shape index (κ2) is 8.89. The number of ether oxygens (including phenoxy) is 2. The number of carboxylic acid groups (broad SMARTS) is 2. The van der Waals surface area contributed by atoms with Crippen LogP contribution in [0.25, 0.3) is 0 Å². The number of carbonyl (C=O) groups is 4. The maximum Gasteiger partial charge on any atom is 0.336 e. The number of allylic oxidation sites excluding steroid dienone is 1. The van der Waals surface area contributed by atoms with Gasteiger partial charge in [0.1, 0.15) is 11.5 Å². The van der Waals surface area contributed by atoms with Crippen molar-refractivity contribution in [3.63, 3.8) is 0 Å². The van der Waals surface area contributed by atoms with Gasteiger partial charge in [-0.15, -0.1) is 0 Å². The monoisotopic (exact) mass is 436 g/mol. The zero-order valence-corrected chi connectivity index (χ0v) is 17.3. The van der Waals surface area contributed by atoms with Crippen molar-refractivity contribution >= 4 is 23.5 Å². The molecule has 3 rings (SSSR count). The molecule has 8 nitrogen and oxygen atoms in total. The summed E-state index contributed by atoms with van der Waals surface area (Å²) in [6.07, 6.45) is 1.42. The summed E-state index contributed by atoms with van der Waals surface area (Å²) in [5.74, 6) is -3.67. The topological polar surface area (TPSA) is 127 Å². The summed E-state index contributed by atoms with van der Waals surface area (Å²) < 4.78 is 10.2. The van der Waals surface area contributed by atoms with E-state index < -0.39 is 35.3 Å². The van der Waals surface area contributed by atoms with Crippen LogP contribution in [0.3, 0.4) is 0 Å². The van der Waals surface area contributed by atoms with Crippen LogP contribution in [-0.4, -0.2) is 47.9 Å². The summed E-state index contributed by atoms with van der Waals surface area (Å²) in [6.45, 7) is 0. The molecule has 0 bridgehead atoms. The second-order valence-electron chi connectivity index (χ2n) is 7.11. The maximum absolute atomic E-state index is 13.3. The lowest BCUT2D eigenvalue weighted by Gasteiger charge is -2.29. The van der Waals surface area contributed by atoms with Gasteiger partial charge in [0.05, 0.1) is 19.8 Å². The first-order valence-corrected chi connectivity index (χ1v) is 9.50. The van der Waals surface area contributed by atoms with E-state index in [1.54, 1.807) is 18.2 Å². The zero-order chi connectivity index (χ0) is 23.5. The highest BCUT2D eigenvalue weighted by Gasteiger charge is 2.48. The molecule has 0 aliphatic heterocycles. The van der Waals surface area contributed by atoms with E-state index in [9.17, 15) is 29.4 Å². The van der Waals surface area contributed by atoms with Crippen LogP contribution in [0, 0.1) is 5.41 Å². The number of carbonyl (C=O) groups excluding carboxylic acids is 2. The van der Waals surface area contributed by atoms with E-state index in [0.717, 1.165) is 12.2 Å². The second-order valence-corrected chi connectivity index (χ2v) is 7.11. The van der Waals surface area contributed by atoms with Gasteiger partial charge in [0, 0.05) is 23.1 Å². The number of benzene rings is 2.